The lowest BCUT2D eigenvalue weighted by Gasteiger charge is -2.25. The van der Waals surface area contributed by atoms with E-state index in [1.807, 2.05) is 13.0 Å². The molecule has 0 heterocycles. The monoisotopic (exact) mass is 351 g/mol. The van der Waals surface area contributed by atoms with Gasteiger partial charge in [0.1, 0.15) is 6.04 Å². The lowest BCUT2D eigenvalue weighted by atomic mass is 9.95. The maximum absolute atomic E-state index is 12.7. The topological polar surface area (TPSA) is 45.7 Å². The minimum atomic E-state index is -0.122. The Morgan fingerprint density at radius 2 is 1.58 bits per heavy atom. The van der Waals surface area contributed by atoms with Gasteiger partial charge in [-0.3, -0.25) is 4.79 Å². The van der Waals surface area contributed by atoms with E-state index in [1.54, 1.807) is 0 Å². The number of nitrogens with one attached hydrogen (secondary N) is 1. The third-order valence-corrected chi connectivity index (χ3v) is 5.44. The molecular weight excluding hydrogens is 320 g/mol. The summed E-state index contributed by atoms with van der Waals surface area (Å²) in [7, 11) is 0. The molecule has 1 fully saturated rings. The van der Waals surface area contributed by atoms with Crippen LogP contribution in [0.25, 0.3) is 0 Å². The van der Waals surface area contributed by atoms with Crippen molar-refractivity contribution in [1.82, 2.24) is 5.32 Å². The lowest BCUT2D eigenvalue weighted by molar-refractivity contribution is -0.704. The van der Waals surface area contributed by atoms with Gasteiger partial charge in [0, 0.05) is 17.2 Å². The van der Waals surface area contributed by atoms with Crippen molar-refractivity contribution in [3.05, 3.63) is 71.3 Å². The Bertz CT molecular complexity index is 690. The molecule has 1 aliphatic rings. The third-order valence-electron chi connectivity index (χ3n) is 5.44. The lowest BCUT2D eigenvalue weighted by Crippen LogP contribution is -2.93. The van der Waals surface area contributed by atoms with Crippen molar-refractivity contribution in [3.8, 4) is 0 Å². The first-order valence-corrected chi connectivity index (χ1v) is 9.90. The molecule has 1 saturated carbocycles. The van der Waals surface area contributed by atoms with E-state index in [1.165, 1.54) is 36.0 Å². The molecule has 138 valence electrons. The number of carbonyl (C=O) groups is 1. The number of rotatable bonds is 6. The van der Waals surface area contributed by atoms with E-state index in [0.717, 1.165) is 12.8 Å². The molecule has 26 heavy (non-hydrogen) atoms. The zero-order valence-electron chi connectivity index (χ0n) is 15.9. The van der Waals surface area contributed by atoms with E-state index in [0.29, 0.717) is 6.04 Å². The molecule has 0 saturated heterocycles. The summed E-state index contributed by atoms with van der Waals surface area (Å²) < 4.78 is 0. The van der Waals surface area contributed by atoms with Gasteiger partial charge in [-0.15, -0.1) is 0 Å². The summed E-state index contributed by atoms with van der Waals surface area (Å²) in [5.41, 5.74) is 3.72. The smallest absolute Gasteiger partial charge is 0.278 e. The van der Waals surface area contributed by atoms with Crippen LogP contribution in [0.3, 0.4) is 0 Å². The second-order valence-electron chi connectivity index (χ2n) is 7.62. The van der Waals surface area contributed by atoms with Gasteiger partial charge in [0.2, 0.25) is 0 Å². The summed E-state index contributed by atoms with van der Waals surface area (Å²) >= 11 is 0. The van der Waals surface area contributed by atoms with Gasteiger partial charge in [0.15, 0.2) is 6.04 Å². The van der Waals surface area contributed by atoms with E-state index in [4.69, 9.17) is 0 Å². The highest BCUT2D eigenvalue weighted by Crippen LogP contribution is 2.19. The Morgan fingerprint density at radius 1 is 0.962 bits per heavy atom. The first kappa shape index (κ1) is 18.7. The summed E-state index contributed by atoms with van der Waals surface area (Å²) in [6, 6.07) is 19.5. The molecule has 3 heteroatoms. The number of carbonyl (C=O) groups excluding carboxylic acids is 1. The summed E-state index contributed by atoms with van der Waals surface area (Å²) in [5, 5.41) is 5.46. The molecule has 3 nitrogen and oxygen atoms in total. The fraction of sp³-hybridized carbons (Fsp3) is 0.435. The van der Waals surface area contributed by atoms with Crippen LogP contribution < -0.4 is 10.6 Å². The molecule has 3 rings (SSSR count). The second-order valence-corrected chi connectivity index (χ2v) is 7.62. The fourth-order valence-electron chi connectivity index (χ4n) is 3.80. The molecule has 0 aromatic heterocycles. The van der Waals surface area contributed by atoms with E-state index in [2.05, 4.69) is 66.1 Å². The minimum Gasteiger partial charge on any atom is -0.348 e. The average molecular weight is 352 g/mol. The van der Waals surface area contributed by atoms with Crippen LogP contribution in [0.5, 0.6) is 0 Å². The molecule has 1 amide bonds. The number of aryl methyl sites for hydroxylation is 1. The van der Waals surface area contributed by atoms with Crippen LogP contribution in [-0.2, 0) is 4.79 Å². The Morgan fingerprint density at radius 3 is 2.23 bits per heavy atom. The predicted molar refractivity (Wildman–Crippen MR) is 106 cm³/mol. The molecule has 0 spiro atoms. The van der Waals surface area contributed by atoms with Crippen molar-refractivity contribution in [2.75, 3.05) is 0 Å². The number of hydrogen-bond acceptors (Lipinski definition) is 1. The number of amides is 1. The molecule has 2 atom stereocenters. The van der Waals surface area contributed by atoms with E-state index in [9.17, 15) is 4.79 Å². The van der Waals surface area contributed by atoms with Crippen LogP contribution in [0.2, 0.25) is 0 Å². The largest absolute Gasteiger partial charge is 0.348 e. The van der Waals surface area contributed by atoms with Crippen LogP contribution in [0.15, 0.2) is 54.6 Å². The molecular formula is C23H31N2O+. The number of quaternary nitrogens is 1. The van der Waals surface area contributed by atoms with Crippen molar-refractivity contribution in [3.63, 3.8) is 0 Å². The molecule has 1 aliphatic carbocycles. The molecule has 0 radical (unpaired) electrons. The molecule has 2 aromatic rings. The van der Waals surface area contributed by atoms with Gasteiger partial charge in [0.05, 0.1) is 0 Å². The average Bonchev–Trinajstić information content (AvgIpc) is 2.68. The molecule has 0 bridgehead atoms. The third kappa shape index (κ3) is 4.95. The minimum absolute atomic E-state index is 0.122. The first-order valence-electron chi connectivity index (χ1n) is 9.90. The highest BCUT2D eigenvalue weighted by Gasteiger charge is 2.26. The zero-order valence-corrected chi connectivity index (χ0v) is 15.9. The maximum atomic E-state index is 12.7. The fourth-order valence-corrected chi connectivity index (χ4v) is 3.80. The molecule has 3 N–H and O–H groups in total. The van der Waals surface area contributed by atoms with Gasteiger partial charge >= 0.3 is 0 Å². The van der Waals surface area contributed by atoms with Gasteiger partial charge < -0.3 is 10.6 Å². The Hall–Kier alpha value is -2.13. The molecule has 2 aromatic carbocycles. The van der Waals surface area contributed by atoms with E-state index in [-0.39, 0.29) is 18.0 Å². The van der Waals surface area contributed by atoms with Gasteiger partial charge in [-0.2, -0.15) is 0 Å². The summed E-state index contributed by atoms with van der Waals surface area (Å²) in [6.45, 7) is 4.12. The Labute approximate surface area is 157 Å². The number of hydrogen-bond donors (Lipinski definition) is 2. The quantitative estimate of drug-likeness (QED) is 0.822. The van der Waals surface area contributed by atoms with Crippen molar-refractivity contribution in [2.45, 2.75) is 64.1 Å². The van der Waals surface area contributed by atoms with Crippen LogP contribution in [-0.4, -0.2) is 18.0 Å². The van der Waals surface area contributed by atoms with Gasteiger partial charge in [-0.05, 0) is 26.7 Å². The van der Waals surface area contributed by atoms with Crippen LogP contribution in [0, 0.1) is 6.92 Å². The first-order chi connectivity index (χ1) is 12.6. The van der Waals surface area contributed by atoms with Crippen LogP contribution >= 0.6 is 0 Å². The van der Waals surface area contributed by atoms with Gasteiger partial charge in [-0.1, -0.05) is 79.4 Å². The van der Waals surface area contributed by atoms with Crippen LogP contribution in [0.4, 0.5) is 0 Å². The van der Waals surface area contributed by atoms with E-state index < -0.39 is 0 Å². The van der Waals surface area contributed by atoms with E-state index >= 15 is 0 Å². The SMILES string of the molecule is Cc1ccc([C@H]([NH2+][C@H](C)C(=O)NC2CCCCC2)c2ccccc2)cc1. The highest BCUT2D eigenvalue weighted by molar-refractivity contribution is 5.80. The van der Waals surface area contributed by atoms with Gasteiger partial charge in [-0.25, -0.2) is 0 Å². The van der Waals surface area contributed by atoms with Crippen molar-refractivity contribution >= 4 is 5.91 Å². The number of benzene rings is 2. The Balaban J connectivity index is 1.72. The Kier molecular flexibility index (Phi) is 6.45. The number of nitrogens with two attached hydrogens (primary N) is 1. The standard InChI is InChI=1S/C23H30N2O/c1-17-13-15-20(16-14-17)22(19-9-5-3-6-10-19)24-18(2)23(26)25-21-11-7-4-8-12-21/h3,5-6,9-10,13-16,18,21-22,24H,4,7-8,11-12H2,1-2H3,(H,25,26)/p+1/t18-,22-/m1/s1. The normalized spacial score (nSPS) is 17.5. The zero-order chi connectivity index (χ0) is 18.4. The van der Waals surface area contributed by atoms with Crippen molar-refractivity contribution in [2.24, 2.45) is 0 Å². The summed E-state index contributed by atoms with van der Waals surface area (Å²) in [5.74, 6) is 0.157. The summed E-state index contributed by atoms with van der Waals surface area (Å²) in [4.78, 5) is 12.7. The van der Waals surface area contributed by atoms with Crippen molar-refractivity contribution < 1.29 is 10.1 Å². The highest BCUT2D eigenvalue weighted by atomic mass is 16.2. The molecule has 0 unspecified atom stereocenters. The predicted octanol–water partition coefficient (Wildman–Crippen LogP) is 3.49. The van der Waals surface area contributed by atoms with Crippen molar-refractivity contribution in [1.29, 1.82) is 0 Å². The second kappa shape index (κ2) is 9.00. The van der Waals surface area contributed by atoms with Gasteiger partial charge in [0.25, 0.3) is 5.91 Å². The van der Waals surface area contributed by atoms with Crippen LogP contribution in [0.1, 0.15) is 61.8 Å². The maximum Gasteiger partial charge on any atom is 0.278 e. The molecule has 0 aliphatic heterocycles. The summed E-state index contributed by atoms with van der Waals surface area (Å²) in [6.07, 6.45) is 6.02.